The van der Waals surface area contributed by atoms with E-state index in [9.17, 15) is 18.0 Å². The van der Waals surface area contributed by atoms with E-state index in [1.54, 1.807) is 55.5 Å². The van der Waals surface area contributed by atoms with Crippen LogP contribution in [-0.2, 0) is 21.3 Å². The van der Waals surface area contributed by atoms with Crippen LogP contribution in [0.15, 0.2) is 102 Å². The van der Waals surface area contributed by atoms with Gasteiger partial charge in [0.25, 0.3) is 15.9 Å². The average molecular weight is 545 g/mol. The van der Waals surface area contributed by atoms with E-state index in [4.69, 9.17) is 9.47 Å². The Bertz CT molecular complexity index is 1590. The second-order valence-corrected chi connectivity index (χ2v) is 10.5. The molecule has 1 N–H and O–H groups in total. The van der Waals surface area contributed by atoms with Crippen molar-refractivity contribution in [3.63, 3.8) is 0 Å². The summed E-state index contributed by atoms with van der Waals surface area (Å²) >= 11 is 0. The highest BCUT2D eigenvalue weighted by molar-refractivity contribution is 7.92. The summed E-state index contributed by atoms with van der Waals surface area (Å²) in [6.45, 7) is 1.79. The second kappa shape index (κ2) is 11.8. The van der Waals surface area contributed by atoms with E-state index in [2.05, 4.69) is 5.32 Å². The third-order valence-electron chi connectivity index (χ3n) is 6.14. The minimum Gasteiger partial charge on any atom is -0.497 e. The number of carbonyl (C=O) groups is 2. The molecule has 0 bridgehead atoms. The Balaban J connectivity index is 1.78. The number of carbonyl (C=O) groups excluding carboxylic acids is 2. The van der Waals surface area contributed by atoms with Gasteiger partial charge in [0, 0.05) is 5.69 Å². The Kier molecular flexibility index (Phi) is 8.31. The molecule has 0 heterocycles. The first kappa shape index (κ1) is 27.4. The molecule has 4 aromatic rings. The topological polar surface area (TPSA) is 102 Å². The lowest BCUT2D eigenvalue weighted by atomic mass is 10.1. The number of para-hydroxylation sites is 1. The number of hydrogen-bond acceptors (Lipinski definition) is 6. The molecule has 0 spiro atoms. The summed E-state index contributed by atoms with van der Waals surface area (Å²) in [6.07, 6.45) is 0. The van der Waals surface area contributed by atoms with Crippen LogP contribution in [0.3, 0.4) is 0 Å². The normalized spacial score (nSPS) is 10.9. The van der Waals surface area contributed by atoms with Gasteiger partial charge in [0.1, 0.15) is 5.75 Å². The van der Waals surface area contributed by atoms with E-state index < -0.39 is 21.9 Å². The third kappa shape index (κ3) is 6.10. The maximum absolute atomic E-state index is 14.0. The molecule has 4 aromatic carbocycles. The number of sulfonamides is 1. The lowest BCUT2D eigenvalue weighted by molar-refractivity contribution is 0.0600. The number of nitrogens with one attached hydrogen (secondary N) is 1. The van der Waals surface area contributed by atoms with Gasteiger partial charge in [-0.1, -0.05) is 48.5 Å². The maximum Gasteiger partial charge on any atom is 0.337 e. The molecule has 0 aliphatic carbocycles. The summed E-state index contributed by atoms with van der Waals surface area (Å²) in [7, 11) is -1.32. The van der Waals surface area contributed by atoms with Crippen molar-refractivity contribution in [2.45, 2.75) is 18.4 Å². The highest BCUT2D eigenvalue weighted by Crippen LogP contribution is 2.31. The Morgan fingerprint density at radius 3 is 2.18 bits per heavy atom. The number of methoxy groups -OCH3 is 2. The zero-order chi connectivity index (χ0) is 28.0. The molecule has 200 valence electrons. The molecule has 0 aromatic heterocycles. The van der Waals surface area contributed by atoms with Crippen LogP contribution >= 0.6 is 0 Å². The first-order chi connectivity index (χ1) is 18.7. The Labute approximate surface area is 227 Å². The van der Waals surface area contributed by atoms with Crippen LogP contribution in [0.2, 0.25) is 0 Å². The summed E-state index contributed by atoms with van der Waals surface area (Å²) in [6, 6.07) is 26.5. The van der Waals surface area contributed by atoms with Gasteiger partial charge in [-0.05, 0) is 66.6 Å². The molecular weight excluding hydrogens is 516 g/mol. The molecule has 0 aliphatic heterocycles. The lowest BCUT2D eigenvalue weighted by Crippen LogP contribution is -2.32. The largest absolute Gasteiger partial charge is 0.497 e. The second-order valence-electron chi connectivity index (χ2n) is 8.67. The van der Waals surface area contributed by atoms with E-state index in [1.165, 1.54) is 36.7 Å². The molecule has 8 nitrogen and oxygen atoms in total. The van der Waals surface area contributed by atoms with Crippen LogP contribution < -0.4 is 14.4 Å². The van der Waals surface area contributed by atoms with E-state index >= 15 is 0 Å². The fraction of sp³-hybridized carbons (Fsp3) is 0.133. The van der Waals surface area contributed by atoms with Gasteiger partial charge < -0.3 is 14.8 Å². The smallest absolute Gasteiger partial charge is 0.337 e. The van der Waals surface area contributed by atoms with Crippen LogP contribution in [0.4, 0.5) is 11.4 Å². The van der Waals surface area contributed by atoms with Gasteiger partial charge in [-0.25, -0.2) is 13.2 Å². The van der Waals surface area contributed by atoms with Gasteiger partial charge in [0.05, 0.1) is 42.5 Å². The third-order valence-corrected chi connectivity index (χ3v) is 7.91. The number of benzene rings is 4. The zero-order valence-corrected chi connectivity index (χ0v) is 22.6. The molecule has 0 saturated heterocycles. The molecule has 0 unspecified atom stereocenters. The van der Waals surface area contributed by atoms with E-state index in [-0.39, 0.29) is 28.3 Å². The first-order valence-electron chi connectivity index (χ1n) is 12.0. The monoisotopic (exact) mass is 544 g/mol. The minimum absolute atomic E-state index is 0.00362. The lowest BCUT2D eigenvalue weighted by Gasteiger charge is -2.27. The molecule has 4 rings (SSSR count). The van der Waals surface area contributed by atoms with Crippen molar-refractivity contribution in [3.8, 4) is 5.75 Å². The fourth-order valence-electron chi connectivity index (χ4n) is 4.00. The van der Waals surface area contributed by atoms with Gasteiger partial charge in [-0.3, -0.25) is 9.10 Å². The number of aryl methyl sites for hydroxylation is 1. The first-order valence-corrected chi connectivity index (χ1v) is 13.5. The summed E-state index contributed by atoms with van der Waals surface area (Å²) in [5, 5.41) is 2.83. The number of amides is 1. The Morgan fingerprint density at radius 2 is 1.51 bits per heavy atom. The number of rotatable bonds is 9. The van der Waals surface area contributed by atoms with Crippen LogP contribution in [0, 0.1) is 6.92 Å². The Morgan fingerprint density at radius 1 is 0.846 bits per heavy atom. The van der Waals surface area contributed by atoms with Crippen LogP contribution in [0.1, 0.15) is 31.8 Å². The van der Waals surface area contributed by atoms with Crippen LogP contribution in [-0.4, -0.2) is 34.5 Å². The van der Waals surface area contributed by atoms with Gasteiger partial charge in [-0.15, -0.1) is 0 Å². The van der Waals surface area contributed by atoms with Gasteiger partial charge in [0.2, 0.25) is 0 Å². The molecule has 39 heavy (non-hydrogen) atoms. The van der Waals surface area contributed by atoms with Crippen molar-refractivity contribution >= 4 is 33.3 Å². The van der Waals surface area contributed by atoms with Crippen molar-refractivity contribution in [2.24, 2.45) is 0 Å². The summed E-state index contributed by atoms with van der Waals surface area (Å²) in [5.41, 5.74) is 2.50. The van der Waals surface area contributed by atoms with Crippen molar-refractivity contribution in [1.29, 1.82) is 0 Å². The fourth-order valence-corrected chi connectivity index (χ4v) is 5.47. The van der Waals surface area contributed by atoms with Crippen molar-refractivity contribution in [2.75, 3.05) is 23.8 Å². The number of nitrogens with zero attached hydrogens (tertiary/aromatic N) is 1. The predicted molar refractivity (Wildman–Crippen MR) is 150 cm³/mol. The predicted octanol–water partition coefficient (Wildman–Crippen LogP) is 5.44. The molecule has 0 aliphatic rings. The molecule has 0 fully saturated rings. The SMILES string of the molecule is COC(=O)c1ccc(C)c(NC(=O)c2ccccc2N(Cc2ccccc2)S(=O)(=O)c2ccc(OC)cc2)c1. The highest BCUT2D eigenvalue weighted by Gasteiger charge is 2.29. The molecule has 0 radical (unpaired) electrons. The molecule has 1 amide bonds. The average Bonchev–Trinajstić information content (AvgIpc) is 2.97. The standard InChI is InChI=1S/C30H28N2O6S/c1-21-13-14-23(30(34)38-3)19-27(21)31-29(33)26-11-7-8-12-28(26)32(20-22-9-5-4-6-10-22)39(35,36)25-17-15-24(37-2)16-18-25/h4-19H,20H2,1-3H3,(H,31,33). The number of ether oxygens (including phenoxy) is 2. The van der Waals surface area contributed by atoms with Crippen molar-refractivity contribution in [3.05, 3.63) is 119 Å². The quantitative estimate of drug-likeness (QED) is 0.282. The van der Waals surface area contributed by atoms with Gasteiger partial charge >= 0.3 is 5.97 Å². The van der Waals surface area contributed by atoms with Crippen molar-refractivity contribution < 1.29 is 27.5 Å². The molecule has 0 saturated carbocycles. The Hall–Kier alpha value is -4.63. The number of hydrogen-bond donors (Lipinski definition) is 1. The maximum atomic E-state index is 14.0. The highest BCUT2D eigenvalue weighted by atomic mass is 32.2. The zero-order valence-electron chi connectivity index (χ0n) is 21.7. The molecular formula is C30H28N2O6S. The van der Waals surface area contributed by atoms with E-state index in [0.717, 1.165) is 11.1 Å². The van der Waals surface area contributed by atoms with Crippen LogP contribution in [0.25, 0.3) is 0 Å². The van der Waals surface area contributed by atoms with Gasteiger partial charge in [-0.2, -0.15) is 0 Å². The number of esters is 1. The van der Waals surface area contributed by atoms with Gasteiger partial charge in [0.15, 0.2) is 0 Å². The molecule has 0 atom stereocenters. The molecule has 9 heteroatoms. The van der Waals surface area contributed by atoms with E-state index in [1.807, 2.05) is 30.3 Å². The van der Waals surface area contributed by atoms with Crippen molar-refractivity contribution in [1.82, 2.24) is 0 Å². The van der Waals surface area contributed by atoms with Crippen LogP contribution in [0.5, 0.6) is 5.75 Å². The number of anilines is 2. The van der Waals surface area contributed by atoms with E-state index in [0.29, 0.717) is 11.4 Å². The summed E-state index contributed by atoms with van der Waals surface area (Å²) in [4.78, 5) is 25.6. The summed E-state index contributed by atoms with van der Waals surface area (Å²) < 4.78 is 39.1. The summed E-state index contributed by atoms with van der Waals surface area (Å²) in [5.74, 6) is -0.544. The minimum atomic E-state index is -4.10.